The first-order valence-corrected chi connectivity index (χ1v) is 8.69. The van der Waals surface area contributed by atoms with Gasteiger partial charge < -0.3 is 9.64 Å². The third-order valence-electron chi connectivity index (χ3n) is 3.32. The summed E-state index contributed by atoms with van der Waals surface area (Å²) in [6.45, 7) is 7.56. The topological polar surface area (TPSA) is 60.3 Å². The van der Waals surface area contributed by atoms with Crippen molar-refractivity contribution < 1.29 is 13.9 Å². The molecule has 25 heavy (non-hydrogen) atoms. The van der Waals surface area contributed by atoms with Crippen molar-refractivity contribution in [2.75, 3.05) is 13.6 Å². The maximum absolute atomic E-state index is 14.4. The molecule has 1 amide bonds. The number of likely N-dealkylation sites (N-methyl/N-ethyl adjacent to an activating group) is 1. The minimum Gasteiger partial charge on any atom is -0.444 e. The lowest BCUT2D eigenvalue weighted by molar-refractivity contribution is 0.0300. The SMILES string of the molecule is Cc1nc(CCN(C)C(=O)OC(C)(C)C)n(-c2cccc(Br)c2F)n1. The van der Waals surface area contributed by atoms with E-state index in [0.29, 0.717) is 34.8 Å². The number of hydrogen-bond acceptors (Lipinski definition) is 4. The van der Waals surface area contributed by atoms with E-state index >= 15 is 0 Å². The molecule has 0 bridgehead atoms. The standard InChI is InChI=1S/C17H22BrFN4O2/c1-11-20-14(9-10-22(5)16(24)25-17(2,3)4)23(21-11)13-8-6-7-12(18)15(13)19/h6-8H,9-10H2,1-5H3. The molecule has 2 rings (SSSR count). The molecule has 1 aromatic carbocycles. The molecule has 0 N–H and O–H groups in total. The second-order valence-electron chi connectivity index (χ2n) is 6.71. The fourth-order valence-electron chi connectivity index (χ4n) is 2.17. The highest BCUT2D eigenvalue weighted by Gasteiger charge is 2.21. The zero-order chi connectivity index (χ0) is 18.8. The van der Waals surface area contributed by atoms with Crippen molar-refractivity contribution in [2.24, 2.45) is 0 Å². The lowest BCUT2D eigenvalue weighted by atomic mass is 10.2. The molecule has 1 aromatic heterocycles. The quantitative estimate of drug-likeness (QED) is 0.763. The monoisotopic (exact) mass is 412 g/mol. The van der Waals surface area contributed by atoms with Gasteiger partial charge in [0.25, 0.3) is 0 Å². The zero-order valence-electron chi connectivity index (χ0n) is 15.0. The third kappa shape index (κ3) is 5.01. The first-order chi connectivity index (χ1) is 11.6. The molecule has 6 nitrogen and oxygen atoms in total. The Labute approximate surface area is 155 Å². The molecule has 0 radical (unpaired) electrons. The molecule has 0 saturated heterocycles. The second-order valence-corrected chi connectivity index (χ2v) is 7.57. The molecular weight excluding hydrogens is 391 g/mol. The number of hydrogen-bond donors (Lipinski definition) is 0. The van der Waals surface area contributed by atoms with Crippen LogP contribution in [0.3, 0.4) is 0 Å². The Hall–Kier alpha value is -1.96. The normalized spacial score (nSPS) is 11.5. The van der Waals surface area contributed by atoms with Crippen molar-refractivity contribution in [1.82, 2.24) is 19.7 Å². The Morgan fingerprint density at radius 2 is 2.08 bits per heavy atom. The van der Waals surface area contributed by atoms with Gasteiger partial charge in [-0.15, -0.1) is 0 Å². The molecule has 136 valence electrons. The molecule has 0 unspecified atom stereocenters. The van der Waals surface area contributed by atoms with Crippen molar-refractivity contribution in [3.05, 3.63) is 40.1 Å². The van der Waals surface area contributed by atoms with Crippen LogP contribution in [0.5, 0.6) is 0 Å². The lowest BCUT2D eigenvalue weighted by Crippen LogP contribution is -2.35. The van der Waals surface area contributed by atoms with E-state index in [2.05, 4.69) is 26.0 Å². The lowest BCUT2D eigenvalue weighted by Gasteiger charge is -2.24. The van der Waals surface area contributed by atoms with Crippen molar-refractivity contribution in [3.8, 4) is 5.69 Å². The Morgan fingerprint density at radius 3 is 2.72 bits per heavy atom. The predicted molar refractivity (Wildman–Crippen MR) is 96.3 cm³/mol. The van der Waals surface area contributed by atoms with Crippen LogP contribution in [0.1, 0.15) is 32.4 Å². The molecule has 0 saturated carbocycles. The van der Waals surface area contributed by atoms with E-state index in [1.165, 1.54) is 9.58 Å². The van der Waals surface area contributed by atoms with Crippen molar-refractivity contribution >= 4 is 22.0 Å². The number of ether oxygens (including phenoxy) is 1. The van der Waals surface area contributed by atoms with Crippen LogP contribution in [-0.2, 0) is 11.2 Å². The second kappa shape index (κ2) is 7.51. The number of amides is 1. The van der Waals surface area contributed by atoms with Gasteiger partial charge in [-0.05, 0) is 55.8 Å². The van der Waals surface area contributed by atoms with Gasteiger partial charge in [0.1, 0.15) is 22.9 Å². The number of nitrogens with zero attached hydrogens (tertiary/aromatic N) is 4. The summed E-state index contributed by atoms with van der Waals surface area (Å²) in [6.07, 6.45) is 0.00615. The van der Waals surface area contributed by atoms with Gasteiger partial charge >= 0.3 is 6.09 Å². The van der Waals surface area contributed by atoms with Crippen LogP contribution in [0.4, 0.5) is 9.18 Å². The Kier molecular flexibility index (Phi) is 5.82. The van der Waals surface area contributed by atoms with Crippen LogP contribution in [0, 0.1) is 12.7 Å². The minimum absolute atomic E-state index is 0.310. The average molecular weight is 413 g/mol. The summed E-state index contributed by atoms with van der Waals surface area (Å²) in [7, 11) is 1.65. The fraction of sp³-hybridized carbons (Fsp3) is 0.471. The molecule has 8 heteroatoms. The first kappa shape index (κ1) is 19.4. The van der Waals surface area contributed by atoms with Gasteiger partial charge in [0.05, 0.1) is 4.47 Å². The van der Waals surface area contributed by atoms with E-state index in [9.17, 15) is 9.18 Å². The molecule has 0 fully saturated rings. The highest BCUT2D eigenvalue weighted by atomic mass is 79.9. The van der Waals surface area contributed by atoms with E-state index in [-0.39, 0.29) is 0 Å². The number of aromatic nitrogens is 3. The molecule has 1 heterocycles. The van der Waals surface area contributed by atoms with E-state index < -0.39 is 17.5 Å². The summed E-state index contributed by atoms with van der Waals surface area (Å²) in [5, 5.41) is 4.28. The smallest absolute Gasteiger partial charge is 0.410 e. The van der Waals surface area contributed by atoms with Gasteiger partial charge in [-0.3, -0.25) is 0 Å². The maximum atomic E-state index is 14.4. The van der Waals surface area contributed by atoms with Gasteiger partial charge in [-0.25, -0.2) is 18.9 Å². The number of rotatable bonds is 4. The first-order valence-electron chi connectivity index (χ1n) is 7.89. The van der Waals surface area contributed by atoms with Gasteiger partial charge in [-0.1, -0.05) is 6.07 Å². The van der Waals surface area contributed by atoms with Crippen molar-refractivity contribution in [2.45, 2.75) is 39.7 Å². The summed E-state index contributed by atoms with van der Waals surface area (Å²) in [5.41, 5.74) is -0.244. The van der Waals surface area contributed by atoms with E-state index in [4.69, 9.17) is 4.74 Å². The molecule has 2 aromatic rings. The van der Waals surface area contributed by atoms with Crippen LogP contribution in [0.2, 0.25) is 0 Å². The van der Waals surface area contributed by atoms with Crippen LogP contribution >= 0.6 is 15.9 Å². The minimum atomic E-state index is -0.554. The highest BCUT2D eigenvalue weighted by molar-refractivity contribution is 9.10. The average Bonchev–Trinajstić information content (AvgIpc) is 2.86. The van der Waals surface area contributed by atoms with E-state index in [1.807, 2.05) is 20.8 Å². The molecule has 0 aliphatic rings. The number of carbonyl (C=O) groups is 1. The molecule has 0 atom stereocenters. The fourth-order valence-corrected chi connectivity index (χ4v) is 2.52. The van der Waals surface area contributed by atoms with Crippen LogP contribution in [0.15, 0.2) is 22.7 Å². The summed E-state index contributed by atoms with van der Waals surface area (Å²) in [5.74, 6) is 0.702. The summed E-state index contributed by atoms with van der Waals surface area (Å²) in [4.78, 5) is 17.9. The highest BCUT2D eigenvalue weighted by Crippen LogP contribution is 2.22. The van der Waals surface area contributed by atoms with Crippen molar-refractivity contribution in [1.29, 1.82) is 0 Å². The van der Waals surface area contributed by atoms with Crippen molar-refractivity contribution in [3.63, 3.8) is 0 Å². The summed E-state index contributed by atoms with van der Waals surface area (Å²) in [6, 6.07) is 4.99. The maximum Gasteiger partial charge on any atom is 0.410 e. The van der Waals surface area contributed by atoms with Crippen LogP contribution in [-0.4, -0.2) is 45.0 Å². The molecular formula is C17H22BrFN4O2. The van der Waals surface area contributed by atoms with Gasteiger partial charge in [0.2, 0.25) is 0 Å². The van der Waals surface area contributed by atoms with Crippen LogP contribution < -0.4 is 0 Å². The third-order valence-corrected chi connectivity index (χ3v) is 3.93. The Balaban J connectivity index is 2.16. The summed E-state index contributed by atoms with van der Waals surface area (Å²) >= 11 is 3.18. The number of halogens is 2. The van der Waals surface area contributed by atoms with Gasteiger partial charge in [-0.2, -0.15) is 5.10 Å². The van der Waals surface area contributed by atoms with Crippen LogP contribution in [0.25, 0.3) is 5.69 Å². The number of carbonyl (C=O) groups excluding carboxylic acids is 1. The van der Waals surface area contributed by atoms with Gasteiger partial charge in [0, 0.05) is 20.0 Å². The predicted octanol–water partition coefficient (Wildman–Crippen LogP) is 3.89. The number of benzene rings is 1. The summed E-state index contributed by atoms with van der Waals surface area (Å²) < 4.78 is 21.5. The largest absolute Gasteiger partial charge is 0.444 e. The number of aryl methyl sites for hydroxylation is 1. The van der Waals surface area contributed by atoms with E-state index in [0.717, 1.165) is 0 Å². The molecule has 0 aliphatic heterocycles. The van der Waals surface area contributed by atoms with Gasteiger partial charge in [0.15, 0.2) is 5.82 Å². The molecule has 0 spiro atoms. The Bertz CT molecular complexity index is 770. The molecule has 0 aliphatic carbocycles. The zero-order valence-corrected chi connectivity index (χ0v) is 16.6. The van der Waals surface area contributed by atoms with E-state index in [1.54, 1.807) is 32.2 Å². The Morgan fingerprint density at radius 1 is 1.40 bits per heavy atom.